The summed E-state index contributed by atoms with van der Waals surface area (Å²) in [5, 5.41) is 12.4. The fourth-order valence-electron chi connectivity index (χ4n) is 12.1. The van der Waals surface area contributed by atoms with E-state index in [9.17, 15) is 11.8 Å². The summed E-state index contributed by atoms with van der Waals surface area (Å²) in [4.78, 5) is 4.86. The molecule has 4 aliphatic rings. The SMILES string of the molecule is [C-]#[N+]c1c(C2c3ccccc3-c3ccccc32)c(C2c3ccccc3-c3ccccc32)c(C#N)c(C2c3ccccc3-c3ccccc32)c1C1c2ccccc2-c2ccccc21. The average Bonchev–Trinajstić information content (AvgIpc) is 4.06. The molecule has 0 amide bonds. The Kier molecular flexibility index (Phi) is 7.42. The Morgan fingerprint density at radius 1 is 0.306 bits per heavy atom. The molecule has 0 bridgehead atoms. The number of fused-ring (bicyclic) bond motifs is 12. The van der Waals surface area contributed by atoms with Crippen LogP contribution in [0.1, 0.15) is 96.0 Å². The number of hydrogen-bond acceptors (Lipinski definition) is 1. The third-order valence-corrected chi connectivity index (χ3v) is 14.3. The summed E-state index contributed by atoms with van der Waals surface area (Å²) in [5.74, 6) is -1.13. The summed E-state index contributed by atoms with van der Waals surface area (Å²) in [6.07, 6.45) is 0. The third kappa shape index (κ3) is 4.56. The highest BCUT2D eigenvalue weighted by Crippen LogP contribution is 2.63. The van der Waals surface area contributed by atoms with Gasteiger partial charge in [-0.15, -0.1) is 0 Å². The highest BCUT2D eigenvalue weighted by Gasteiger charge is 2.46. The summed E-state index contributed by atoms with van der Waals surface area (Å²) >= 11 is 0. The average molecular weight is 785 g/mol. The molecule has 0 unspecified atom stereocenters. The van der Waals surface area contributed by atoms with E-state index < -0.39 is 0 Å². The normalized spacial score (nSPS) is 14.2. The first-order chi connectivity index (χ1) is 30.8. The van der Waals surface area contributed by atoms with Crippen LogP contribution in [0.15, 0.2) is 194 Å². The zero-order chi connectivity index (χ0) is 41.1. The molecule has 0 radical (unpaired) electrons. The highest BCUT2D eigenvalue weighted by atomic mass is 14.7. The molecular weight excluding hydrogens is 749 g/mol. The predicted molar refractivity (Wildman–Crippen MR) is 249 cm³/mol. The van der Waals surface area contributed by atoms with Crippen molar-refractivity contribution in [2.75, 3.05) is 0 Å². The lowest BCUT2D eigenvalue weighted by atomic mass is 9.68. The lowest BCUT2D eigenvalue weighted by Gasteiger charge is -2.34. The monoisotopic (exact) mass is 784 g/mol. The van der Waals surface area contributed by atoms with E-state index in [1.807, 2.05) is 0 Å². The minimum Gasteiger partial charge on any atom is -0.237 e. The Morgan fingerprint density at radius 2 is 0.500 bits per heavy atom. The second-order valence-electron chi connectivity index (χ2n) is 17.0. The molecule has 2 heteroatoms. The van der Waals surface area contributed by atoms with Crippen LogP contribution in [-0.4, -0.2) is 0 Å². The van der Waals surface area contributed by atoms with E-state index >= 15 is 0 Å². The Balaban J connectivity index is 1.27. The fraction of sp³-hybridized carbons (Fsp3) is 0.0667. The van der Waals surface area contributed by atoms with Gasteiger partial charge in [0.05, 0.1) is 18.2 Å². The van der Waals surface area contributed by atoms with Crippen LogP contribution in [0.3, 0.4) is 0 Å². The van der Waals surface area contributed by atoms with E-state index in [-0.39, 0.29) is 23.7 Å². The van der Waals surface area contributed by atoms with Gasteiger partial charge in [-0.05, 0) is 111 Å². The zero-order valence-electron chi connectivity index (χ0n) is 33.7. The van der Waals surface area contributed by atoms with Crippen molar-refractivity contribution < 1.29 is 0 Å². The Morgan fingerprint density at radius 3 is 0.694 bits per heavy atom. The molecule has 0 fully saturated rings. The van der Waals surface area contributed by atoms with Gasteiger partial charge in [-0.1, -0.05) is 194 Å². The van der Waals surface area contributed by atoms with Crippen LogP contribution in [0.4, 0.5) is 5.69 Å². The van der Waals surface area contributed by atoms with Crippen LogP contribution in [0.5, 0.6) is 0 Å². The van der Waals surface area contributed by atoms with Gasteiger partial charge in [0, 0.05) is 23.7 Å². The van der Waals surface area contributed by atoms with E-state index in [0.29, 0.717) is 11.3 Å². The Hall–Kier alpha value is -8.04. The molecule has 13 rings (SSSR count). The molecular formula is C60H36N2. The Bertz CT molecular complexity index is 2850. The maximum Gasteiger partial charge on any atom is 0.196 e. The summed E-state index contributed by atoms with van der Waals surface area (Å²) in [5.41, 5.74) is 24.0. The molecule has 62 heavy (non-hydrogen) atoms. The second kappa shape index (κ2) is 13.2. The molecule has 0 aliphatic heterocycles. The van der Waals surface area contributed by atoms with Gasteiger partial charge in [0.15, 0.2) is 5.69 Å². The summed E-state index contributed by atoms with van der Waals surface area (Å²) in [7, 11) is 0. The van der Waals surface area contributed by atoms with Crippen LogP contribution in [0, 0.1) is 17.9 Å². The van der Waals surface area contributed by atoms with Gasteiger partial charge in [0.2, 0.25) is 0 Å². The lowest BCUT2D eigenvalue weighted by molar-refractivity contribution is 0.872. The minimum atomic E-state index is -0.282. The molecule has 9 aromatic rings. The van der Waals surface area contributed by atoms with Gasteiger partial charge in [0.25, 0.3) is 0 Å². The standard InChI is InChI=1S/C60H36N2/c1-62-60-58(54-47-30-14-6-22-39(47)40-23-7-15-31-48(40)54)56(52-43-26-10-2-18-35(43)36-19-3-11-27-44(36)52)51(34-61)57(53-45-28-12-4-20-37(45)38-21-5-13-29-46(38)53)59(60)55-49-32-16-8-24-41(49)42-25-9-17-33-50(42)55/h2-33,52-55H. The van der Waals surface area contributed by atoms with Gasteiger partial charge >= 0.3 is 0 Å². The molecule has 0 spiro atoms. The maximum absolute atomic E-state index is 12.4. The summed E-state index contributed by atoms with van der Waals surface area (Å²) in [6.45, 7) is 9.67. The number of nitriles is 1. The van der Waals surface area contributed by atoms with E-state index in [1.54, 1.807) is 0 Å². The van der Waals surface area contributed by atoms with Crippen molar-refractivity contribution in [2.24, 2.45) is 0 Å². The van der Waals surface area contributed by atoms with Crippen molar-refractivity contribution >= 4 is 5.69 Å². The quantitative estimate of drug-likeness (QED) is 0.163. The van der Waals surface area contributed by atoms with Gasteiger partial charge < -0.3 is 0 Å². The minimum absolute atomic E-state index is 0.281. The third-order valence-electron chi connectivity index (χ3n) is 14.3. The van der Waals surface area contributed by atoms with Crippen molar-refractivity contribution in [3.8, 4) is 50.6 Å². The highest BCUT2D eigenvalue weighted by molar-refractivity contribution is 5.92. The van der Waals surface area contributed by atoms with Crippen LogP contribution >= 0.6 is 0 Å². The maximum atomic E-state index is 12.4. The molecule has 0 atom stereocenters. The van der Waals surface area contributed by atoms with Crippen LogP contribution in [0.25, 0.3) is 49.4 Å². The van der Waals surface area contributed by atoms with Crippen molar-refractivity contribution in [3.63, 3.8) is 0 Å². The topological polar surface area (TPSA) is 28.1 Å². The van der Waals surface area contributed by atoms with Gasteiger partial charge in [0.1, 0.15) is 0 Å². The van der Waals surface area contributed by atoms with E-state index in [2.05, 4.69) is 200 Å². The molecule has 0 heterocycles. The largest absolute Gasteiger partial charge is 0.237 e. The molecule has 0 saturated carbocycles. The van der Waals surface area contributed by atoms with E-state index in [4.69, 9.17) is 4.85 Å². The van der Waals surface area contributed by atoms with Crippen LogP contribution in [0.2, 0.25) is 0 Å². The number of rotatable bonds is 4. The molecule has 0 saturated heterocycles. The lowest BCUT2D eigenvalue weighted by Crippen LogP contribution is -2.19. The molecule has 9 aromatic carbocycles. The first kappa shape index (κ1) is 34.8. The number of nitrogens with zero attached hydrogens (tertiary/aromatic N) is 2. The summed E-state index contributed by atoms with van der Waals surface area (Å²) < 4.78 is 0. The fourth-order valence-corrected chi connectivity index (χ4v) is 12.1. The Labute approximate surface area is 361 Å². The van der Waals surface area contributed by atoms with E-state index in [0.717, 1.165) is 22.3 Å². The van der Waals surface area contributed by atoms with Crippen molar-refractivity contribution in [3.05, 3.63) is 278 Å². The molecule has 286 valence electrons. The van der Waals surface area contributed by atoms with Gasteiger partial charge in [-0.2, -0.15) is 5.26 Å². The predicted octanol–water partition coefficient (Wildman–Crippen LogP) is 14.8. The van der Waals surface area contributed by atoms with Crippen molar-refractivity contribution in [1.29, 1.82) is 5.26 Å². The molecule has 0 N–H and O–H groups in total. The summed E-state index contributed by atoms with van der Waals surface area (Å²) in [6, 6.07) is 72.8. The van der Waals surface area contributed by atoms with Crippen LogP contribution < -0.4 is 0 Å². The smallest absolute Gasteiger partial charge is 0.196 e. The molecule has 0 aromatic heterocycles. The first-order valence-corrected chi connectivity index (χ1v) is 21.5. The first-order valence-electron chi connectivity index (χ1n) is 21.5. The van der Waals surface area contributed by atoms with Crippen molar-refractivity contribution in [2.45, 2.75) is 23.7 Å². The molecule has 2 nitrogen and oxygen atoms in total. The van der Waals surface area contributed by atoms with Crippen LogP contribution in [-0.2, 0) is 0 Å². The molecule has 4 aliphatic carbocycles. The second-order valence-corrected chi connectivity index (χ2v) is 17.0. The zero-order valence-corrected chi connectivity index (χ0v) is 33.7. The van der Waals surface area contributed by atoms with Gasteiger partial charge in [-0.25, -0.2) is 4.85 Å². The number of hydrogen-bond donors (Lipinski definition) is 0. The van der Waals surface area contributed by atoms with Gasteiger partial charge in [-0.3, -0.25) is 0 Å². The van der Waals surface area contributed by atoms with E-state index in [1.165, 1.54) is 89.0 Å². The number of benzene rings is 9. The van der Waals surface area contributed by atoms with Crippen molar-refractivity contribution in [1.82, 2.24) is 0 Å².